The van der Waals surface area contributed by atoms with Gasteiger partial charge in [0.2, 0.25) is 0 Å². The summed E-state index contributed by atoms with van der Waals surface area (Å²) < 4.78 is 2.02. The maximum atomic E-state index is 4.41. The van der Waals surface area contributed by atoms with E-state index in [4.69, 9.17) is 0 Å². The van der Waals surface area contributed by atoms with Gasteiger partial charge in [-0.1, -0.05) is 37.3 Å². The molecule has 1 aromatic heterocycles. The van der Waals surface area contributed by atoms with Crippen LogP contribution in [0.2, 0.25) is 0 Å². The molecule has 1 atom stereocenters. The van der Waals surface area contributed by atoms with Crippen LogP contribution in [0.25, 0.3) is 0 Å². The van der Waals surface area contributed by atoms with Crippen LogP contribution in [0.5, 0.6) is 0 Å². The Labute approximate surface area is 127 Å². The third-order valence-electron chi connectivity index (χ3n) is 3.64. The fraction of sp³-hybridized carbons (Fsp3) is 0.529. The summed E-state index contributed by atoms with van der Waals surface area (Å²) in [6, 6.07) is 11.4. The second-order valence-electron chi connectivity index (χ2n) is 5.67. The molecule has 2 rings (SSSR count). The third kappa shape index (κ3) is 4.39. The number of nitrogens with zero attached hydrogens (tertiary/aromatic N) is 3. The van der Waals surface area contributed by atoms with Crippen LogP contribution in [-0.4, -0.2) is 21.3 Å². The van der Waals surface area contributed by atoms with Crippen LogP contribution in [0.1, 0.15) is 57.1 Å². The van der Waals surface area contributed by atoms with E-state index >= 15 is 0 Å². The lowest BCUT2D eigenvalue weighted by Gasteiger charge is -2.19. The van der Waals surface area contributed by atoms with Crippen molar-refractivity contribution in [3.05, 3.63) is 48.0 Å². The Morgan fingerprint density at radius 2 is 1.95 bits per heavy atom. The molecule has 4 nitrogen and oxygen atoms in total. The van der Waals surface area contributed by atoms with E-state index < -0.39 is 0 Å². The summed E-state index contributed by atoms with van der Waals surface area (Å²) in [6.07, 6.45) is 4.78. The molecule has 4 heteroatoms. The number of hydrogen-bond acceptors (Lipinski definition) is 3. The van der Waals surface area contributed by atoms with Gasteiger partial charge in [0.05, 0.1) is 0 Å². The zero-order chi connectivity index (χ0) is 15.1. The van der Waals surface area contributed by atoms with E-state index in [2.05, 4.69) is 66.5 Å². The first kappa shape index (κ1) is 15.7. The summed E-state index contributed by atoms with van der Waals surface area (Å²) in [5.74, 6) is 1.07. The Morgan fingerprint density at radius 3 is 2.62 bits per heavy atom. The lowest BCUT2D eigenvalue weighted by atomic mass is 10.0. The third-order valence-corrected chi connectivity index (χ3v) is 3.64. The molecule has 0 bridgehead atoms. The number of hydrogen-bond donors (Lipinski definition) is 1. The number of aromatic nitrogens is 3. The highest BCUT2D eigenvalue weighted by atomic mass is 15.3. The van der Waals surface area contributed by atoms with Gasteiger partial charge in [-0.3, -0.25) is 0 Å². The summed E-state index contributed by atoms with van der Waals surface area (Å²) >= 11 is 0. The zero-order valence-electron chi connectivity index (χ0n) is 13.3. The molecule has 21 heavy (non-hydrogen) atoms. The molecule has 1 heterocycles. The van der Waals surface area contributed by atoms with Crippen LogP contribution in [0.4, 0.5) is 0 Å². The molecule has 0 fully saturated rings. The molecule has 0 saturated carbocycles. The summed E-state index contributed by atoms with van der Waals surface area (Å²) in [4.78, 5) is 4.41. The lowest BCUT2D eigenvalue weighted by Crippen LogP contribution is -2.23. The van der Waals surface area contributed by atoms with Gasteiger partial charge in [0, 0.05) is 18.5 Å². The van der Waals surface area contributed by atoms with Crippen molar-refractivity contribution < 1.29 is 0 Å². The summed E-state index contributed by atoms with van der Waals surface area (Å²) in [6.45, 7) is 7.52. The van der Waals surface area contributed by atoms with Crippen molar-refractivity contribution >= 4 is 0 Å². The summed E-state index contributed by atoms with van der Waals surface area (Å²) in [5, 5.41) is 7.95. The number of rotatable bonds is 8. The van der Waals surface area contributed by atoms with Gasteiger partial charge in [-0.15, -0.1) is 0 Å². The molecule has 2 aromatic rings. The zero-order valence-corrected chi connectivity index (χ0v) is 13.3. The second-order valence-corrected chi connectivity index (χ2v) is 5.67. The van der Waals surface area contributed by atoms with Gasteiger partial charge in [-0.2, -0.15) is 5.10 Å². The maximum Gasteiger partial charge on any atom is 0.138 e. The van der Waals surface area contributed by atoms with Crippen LogP contribution in [0.15, 0.2) is 36.7 Å². The first-order valence-corrected chi connectivity index (χ1v) is 7.89. The van der Waals surface area contributed by atoms with Crippen molar-refractivity contribution in [2.75, 3.05) is 6.54 Å². The standard InChI is InChI=1S/C17H26N4/c1-4-12-18-16(15-8-6-5-7-9-15)10-11-17-19-13-20-21(17)14(2)3/h5-9,13-14,16,18H,4,10-12H2,1-3H3. The van der Waals surface area contributed by atoms with Gasteiger partial charge in [-0.05, 0) is 38.8 Å². The highest BCUT2D eigenvalue weighted by molar-refractivity contribution is 5.19. The molecule has 1 N–H and O–H groups in total. The normalized spacial score (nSPS) is 12.8. The second kappa shape index (κ2) is 7.93. The van der Waals surface area contributed by atoms with Crippen LogP contribution in [0.3, 0.4) is 0 Å². The van der Waals surface area contributed by atoms with E-state index in [9.17, 15) is 0 Å². The van der Waals surface area contributed by atoms with Crippen molar-refractivity contribution in [2.24, 2.45) is 0 Å². The molecular weight excluding hydrogens is 260 g/mol. The minimum absolute atomic E-state index is 0.362. The number of nitrogens with one attached hydrogen (secondary N) is 1. The average molecular weight is 286 g/mol. The maximum absolute atomic E-state index is 4.41. The summed E-state index contributed by atoms with van der Waals surface area (Å²) in [7, 11) is 0. The monoisotopic (exact) mass is 286 g/mol. The fourth-order valence-electron chi connectivity index (χ4n) is 2.55. The minimum atomic E-state index is 0.362. The smallest absolute Gasteiger partial charge is 0.138 e. The number of benzene rings is 1. The van der Waals surface area contributed by atoms with Gasteiger partial charge in [-0.25, -0.2) is 9.67 Å². The number of aryl methyl sites for hydroxylation is 1. The first-order chi connectivity index (χ1) is 10.2. The van der Waals surface area contributed by atoms with E-state index in [0.717, 1.165) is 31.6 Å². The van der Waals surface area contributed by atoms with E-state index in [1.165, 1.54) is 5.56 Å². The van der Waals surface area contributed by atoms with Crippen molar-refractivity contribution in [1.82, 2.24) is 20.1 Å². The van der Waals surface area contributed by atoms with Crippen LogP contribution >= 0.6 is 0 Å². The molecular formula is C17H26N4. The molecule has 0 spiro atoms. The Bertz CT molecular complexity index is 519. The molecule has 0 amide bonds. The van der Waals surface area contributed by atoms with E-state index in [-0.39, 0.29) is 0 Å². The fourth-order valence-corrected chi connectivity index (χ4v) is 2.55. The lowest BCUT2D eigenvalue weighted by molar-refractivity contribution is 0.463. The predicted octanol–water partition coefficient (Wildman–Crippen LogP) is 3.53. The van der Waals surface area contributed by atoms with Crippen molar-refractivity contribution in [3.63, 3.8) is 0 Å². The van der Waals surface area contributed by atoms with Gasteiger partial charge >= 0.3 is 0 Å². The molecule has 1 unspecified atom stereocenters. The van der Waals surface area contributed by atoms with Crippen molar-refractivity contribution in [3.8, 4) is 0 Å². The predicted molar refractivity (Wildman–Crippen MR) is 86.2 cm³/mol. The highest BCUT2D eigenvalue weighted by Gasteiger charge is 2.13. The van der Waals surface area contributed by atoms with Crippen LogP contribution in [-0.2, 0) is 6.42 Å². The molecule has 0 radical (unpaired) electrons. The first-order valence-electron chi connectivity index (χ1n) is 7.89. The quantitative estimate of drug-likeness (QED) is 0.807. The van der Waals surface area contributed by atoms with Gasteiger partial charge < -0.3 is 5.32 Å². The van der Waals surface area contributed by atoms with Gasteiger partial charge in [0.25, 0.3) is 0 Å². The summed E-state index contributed by atoms with van der Waals surface area (Å²) in [5.41, 5.74) is 1.35. The van der Waals surface area contributed by atoms with Gasteiger partial charge in [0.15, 0.2) is 0 Å². The largest absolute Gasteiger partial charge is 0.310 e. The Hall–Kier alpha value is -1.68. The molecule has 114 valence electrons. The Kier molecular flexibility index (Phi) is 5.93. The van der Waals surface area contributed by atoms with E-state index in [1.54, 1.807) is 6.33 Å². The molecule has 0 aliphatic rings. The van der Waals surface area contributed by atoms with Crippen LogP contribution < -0.4 is 5.32 Å². The van der Waals surface area contributed by atoms with E-state index in [0.29, 0.717) is 12.1 Å². The molecule has 0 aliphatic heterocycles. The average Bonchev–Trinajstić information content (AvgIpc) is 2.97. The molecule has 1 aromatic carbocycles. The van der Waals surface area contributed by atoms with Crippen molar-refractivity contribution in [2.45, 2.75) is 52.1 Å². The van der Waals surface area contributed by atoms with E-state index in [1.807, 2.05) is 4.68 Å². The minimum Gasteiger partial charge on any atom is -0.310 e. The topological polar surface area (TPSA) is 42.7 Å². The van der Waals surface area contributed by atoms with Crippen molar-refractivity contribution in [1.29, 1.82) is 0 Å². The van der Waals surface area contributed by atoms with Crippen LogP contribution in [0, 0.1) is 0 Å². The Balaban J connectivity index is 2.03. The van der Waals surface area contributed by atoms with Gasteiger partial charge in [0.1, 0.15) is 12.2 Å². The SMILES string of the molecule is CCCNC(CCc1ncnn1C(C)C)c1ccccc1. The molecule has 0 saturated heterocycles. The molecule has 0 aliphatic carbocycles. The highest BCUT2D eigenvalue weighted by Crippen LogP contribution is 2.19. The Morgan fingerprint density at radius 1 is 1.19 bits per heavy atom.